The average molecular weight is 348 g/mol. The number of piperidine rings is 1. The fourth-order valence-electron chi connectivity index (χ4n) is 3.85. The Morgan fingerprint density at radius 1 is 1.39 bits per heavy atom. The Kier molecular flexibility index (Phi) is 3.99. The Balaban J connectivity index is 1.32. The third-order valence-corrected chi connectivity index (χ3v) is 6.95. The summed E-state index contributed by atoms with van der Waals surface area (Å²) in [6, 6.07) is 4.54. The lowest BCUT2D eigenvalue weighted by Gasteiger charge is -2.34. The highest BCUT2D eigenvalue weighted by molar-refractivity contribution is 7.12. The summed E-state index contributed by atoms with van der Waals surface area (Å²) in [7, 11) is 2.21. The molecule has 2 aliphatic rings. The van der Waals surface area contributed by atoms with E-state index in [4.69, 9.17) is 0 Å². The molecular weight excluding hydrogens is 326 g/mol. The molecule has 4 nitrogen and oxygen atoms in total. The molecule has 0 unspecified atom stereocenters. The van der Waals surface area contributed by atoms with E-state index in [2.05, 4.69) is 16.9 Å². The van der Waals surface area contributed by atoms with E-state index in [0.717, 1.165) is 37.4 Å². The van der Waals surface area contributed by atoms with Crippen molar-refractivity contribution in [2.24, 2.45) is 5.41 Å². The molecule has 2 fully saturated rings. The molecular formula is C17H21N3OS2. The van der Waals surface area contributed by atoms with Gasteiger partial charge in [0.2, 0.25) is 0 Å². The zero-order chi connectivity index (χ0) is 15.9. The molecule has 0 aromatic carbocycles. The van der Waals surface area contributed by atoms with E-state index in [1.54, 1.807) is 22.7 Å². The van der Waals surface area contributed by atoms with Crippen molar-refractivity contribution < 1.29 is 4.79 Å². The standard InChI is InChI=1S/C17H21N3OS2/c1-19(12-15-18-6-10-23-15)14-11-17(14)4-7-20(8-5-17)16(21)13-3-2-9-22-13/h2-3,6,9-10,14H,4-5,7-8,11-12H2,1H3/t14-/m1/s1. The van der Waals surface area contributed by atoms with Gasteiger partial charge in [-0.05, 0) is 43.2 Å². The molecule has 0 bridgehead atoms. The first-order valence-electron chi connectivity index (χ1n) is 8.09. The number of hydrogen-bond donors (Lipinski definition) is 0. The number of likely N-dealkylation sites (tertiary alicyclic amines) is 1. The predicted molar refractivity (Wildman–Crippen MR) is 93.9 cm³/mol. The first-order chi connectivity index (χ1) is 11.2. The molecule has 1 saturated heterocycles. The van der Waals surface area contributed by atoms with Gasteiger partial charge >= 0.3 is 0 Å². The minimum atomic E-state index is 0.211. The van der Waals surface area contributed by atoms with E-state index in [-0.39, 0.29) is 5.91 Å². The predicted octanol–water partition coefficient (Wildman–Crippen LogP) is 3.33. The van der Waals surface area contributed by atoms with Gasteiger partial charge in [0.15, 0.2) is 0 Å². The summed E-state index contributed by atoms with van der Waals surface area (Å²) in [6.45, 7) is 2.75. The van der Waals surface area contributed by atoms with Gasteiger partial charge in [0, 0.05) is 30.7 Å². The van der Waals surface area contributed by atoms with Crippen LogP contribution in [0.4, 0.5) is 0 Å². The monoisotopic (exact) mass is 347 g/mol. The van der Waals surface area contributed by atoms with Crippen LogP contribution in [0.25, 0.3) is 0 Å². The largest absolute Gasteiger partial charge is 0.338 e. The lowest BCUT2D eigenvalue weighted by Crippen LogP contribution is -2.41. The lowest BCUT2D eigenvalue weighted by molar-refractivity contribution is 0.0662. The van der Waals surface area contributed by atoms with Crippen LogP contribution in [-0.4, -0.2) is 46.9 Å². The number of rotatable bonds is 4. The van der Waals surface area contributed by atoms with Crippen LogP contribution >= 0.6 is 22.7 Å². The third-order valence-electron chi connectivity index (χ3n) is 5.33. The van der Waals surface area contributed by atoms with Crippen LogP contribution in [-0.2, 0) is 6.54 Å². The maximum absolute atomic E-state index is 12.4. The van der Waals surface area contributed by atoms with Crippen molar-refractivity contribution in [3.8, 4) is 0 Å². The smallest absolute Gasteiger partial charge is 0.263 e. The summed E-state index contributed by atoms with van der Waals surface area (Å²) < 4.78 is 0. The number of aromatic nitrogens is 1. The molecule has 1 spiro atoms. The molecule has 4 rings (SSSR count). The van der Waals surface area contributed by atoms with E-state index in [9.17, 15) is 4.79 Å². The van der Waals surface area contributed by atoms with Gasteiger partial charge in [0.1, 0.15) is 5.01 Å². The molecule has 0 radical (unpaired) electrons. The molecule has 2 aromatic heterocycles. The maximum atomic E-state index is 12.4. The van der Waals surface area contributed by atoms with Crippen LogP contribution in [0.2, 0.25) is 0 Å². The number of nitrogens with zero attached hydrogens (tertiary/aromatic N) is 3. The molecule has 122 valence electrons. The van der Waals surface area contributed by atoms with E-state index < -0.39 is 0 Å². The second kappa shape index (κ2) is 6.00. The Hall–Kier alpha value is -1.24. The summed E-state index contributed by atoms with van der Waals surface area (Å²) in [5, 5.41) is 5.21. The molecule has 6 heteroatoms. The van der Waals surface area contributed by atoms with E-state index in [1.807, 2.05) is 34.0 Å². The fourth-order valence-corrected chi connectivity index (χ4v) is 5.22. The third kappa shape index (κ3) is 2.95. The summed E-state index contributed by atoms with van der Waals surface area (Å²) in [5.41, 5.74) is 0.443. The van der Waals surface area contributed by atoms with Gasteiger partial charge < -0.3 is 4.90 Å². The Morgan fingerprint density at radius 2 is 2.22 bits per heavy atom. The van der Waals surface area contributed by atoms with E-state index in [0.29, 0.717) is 11.5 Å². The van der Waals surface area contributed by atoms with Crippen LogP contribution in [0.15, 0.2) is 29.1 Å². The molecule has 23 heavy (non-hydrogen) atoms. The zero-order valence-electron chi connectivity index (χ0n) is 13.3. The molecule has 1 atom stereocenters. The quantitative estimate of drug-likeness (QED) is 0.851. The highest BCUT2D eigenvalue weighted by Gasteiger charge is 2.56. The second-order valence-electron chi connectivity index (χ2n) is 6.69. The Bertz CT molecular complexity index is 660. The Morgan fingerprint density at radius 3 is 2.87 bits per heavy atom. The SMILES string of the molecule is CN(Cc1nccs1)[C@@H]1CC12CCN(C(=O)c1cccs1)CC2. The molecule has 0 N–H and O–H groups in total. The summed E-state index contributed by atoms with van der Waals surface area (Å²) in [5.74, 6) is 0.211. The first-order valence-corrected chi connectivity index (χ1v) is 9.85. The molecule has 1 aliphatic carbocycles. The van der Waals surface area contributed by atoms with Gasteiger partial charge in [0.05, 0.1) is 11.4 Å². The summed E-state index contributed by atoms with van der Waals surface area (Å²) >= 11 is 3.27. The topological polar surface area (TPSA) is 36.4 Å². The van der Waals surface area contributed by atoms with Crippen molar-refractivity contribution in [2.75, 3.05) is 20.1 Å². The van der Waals surface area contributed by atoms with Crippen LogP contribution in [0.1, 0.15) is 33.9 Å². The van der Waals surface area contributed by atoms with Crippen LogP contribution < -0.4 is 0 Å². The summed E-state index contributed by atoms with van der Waals surface area (Å²) in [6.07, 6.45) is 5.43. The van der Waals surface area contributed by atoms with Crippen molar-refractivity contribution >= 4 is 28.6 Å². The molecule has 2 aromatic rings. The number of carbonyl (C=O) groups is 1. The van der Waals surface area contributed by atoms with Crippen LogP contribution in [0.3, 0.4) is 0 Å². The highest BCUT2D eigenvalue weighted by atomic mass is 32.1. The van der Waals surface area contributed by atoms with Gasteiger partial charge in [0.25, 0.3) is 5.91 Å². The molecule has 3 heterocycles. The normalized spacial score (nSPS) is 22.7. The number of carbonyl (C=O) groups excluding carboxylic acids is 1. The van der Waals surface area contributed by atoms with Crippen LogP contribution in [0.5, 0.6) is 0 Å². The fraction of sp³-hybridized carbons (Fsp3) is 0.529. The summed E-state index contributed by atoms with van der Waals surface area (Å²) in [4.78, 5) is 22.2. The van der Waals surface area contributed by atoms with Gasteiger partial charge in [-0.2, -0.15) is 0 Å². The maximum Gasteiger partial charge on any atom is 0.263 e. The number of hydrogen-bond acceptors (Lipinski definition) is 5. The molecule has 1 saturated carbocycles. The molecule has 1 amide bonds. The van der Waals surface area contributed by atoms with Crippen molar-refractivity contribution in [2.45, 2.75) is 31.8 Å². The van der Waals surface area contributed by atoms with E-state index >= 15 is 0 Å². The minimum Gasteiger partial charge on any atom is -0.338 e. The van der Waals surface area contributed by atoms with Gasteiger partial charge in [-0.3, -0.25) is 9.69 Å². The number of thiophene rings is 1. The molecule has 1 aliphatic heterocycles. The van der Waals surface area contributed by atoms with Crippen molar-refractivity contribution in [3.05, 3.63) is 39.0 Å². The highest BCUT2D eigenvalue weighted by Crippen LogP contribution is 2.56. The van der Waals surface area contributed by atoms with Gasteiger partial charge in [-0.25, -0.2) is 4.98 Å². The number of amides is 1. The minimum absolute atomic E-state index is 0.211. The van der Waals surface area contributed by atoms with Crippen LogP contribution in [0, 0.1) is 5.41 Å². The first kappa shape index (κ1) is 15.3. The van der Waals surface area contributed by atoms with Crippen molar-refractivity contribution in [1.82, 2.24) is 14.8 Å². The zero-order valence-corrected chi connectivity index (χ0v) is 14.9. The average Bonchev–Trinajstić information content (AvgIpc) is 2.99. The lowest BCUT2D eigenvalue weighted by atomic mass is 9.92. The van der Waals surface area contributed by atoms with E-state index in [1.165, 1.54) is 11.4 Å². The van der Waals surface area contributed by atoms with Gasteiger partial charge in [-0.15, -0.1) is 22.7 Å². The van der Waals surface area contributed by atoms with Crippen molar-refractivity contribution in [1.29, 1.82) is 0 Å². The van der Waals surface area contributed by atoms with Gasteiger partial charge in [-0.1, -0.05) is 6.07 Å². The Labute approximate surface area is 144 Å². The van der Waals surface area contributed by atoms with Crippen molar-refractivity contribution in [3.63, 3.8) is 0 Å². The second-order valence-corrected chi connectivity index (χ2v) is 8.62. The number of thiazole rings is 1.